The fourth-order valence-electron chi connectivity index (χ4n) is 8.81. The van der Waals surface area contributed by atoms with Gasteiger partial charge in [-0.3, -0.25) is 0 Å². The second kappa shape index (κ2) is 8.08. The van der Waals surface area contributed by atoms with Gasteiger partial charge in [0.2, 0.25) is 34.0 Å². The Morgan fingerprint density at radius 1 is 0.474 bits per heavy atom. The standard InChI is InChI=1S/C24H32O14/c1-29-15(25)19-11-9-13-14(10-12(11)20(37-19,16(26)30-2)23(19,33-5)34-6)22(18(28)32-4)24(35-7,36-8)21(13,38-22)17(27)31-3/h11-14H,9-10H2,1-8H3/t11-,12+,13+,14-,19+,20-,21-,22+. The van der Waals surface area contributed by atoms with Gasteiger partial charge in [-0.1, -0.05) is 0 Å². The van der Waals surface area contributed by atoms with Gasteiger partial charge >= 0.3 is 23.9 Å². The molecule has 8 atom stereocenters. The molecule has 0 N–H and O–H groups in total. The molecule has 4 heterocycles. The number of carbonyl (C=O) groups excluding carboxylic acids is 4. The van der Waals surface area contributed by atoms with E-state index in [-0.39, 0.29) is 12.8 Å². The van der Waals surface area contributed by atoms with Crippen LogP contribution in [0.5, 0.6) is 0 Å². The van der Waals surface area contributed by atoms with Crippen molar-refractivity contribution in [2.24, 2.45) is 23.7 Å². The Hall–Kier alpha value is -2.36. The van der Waals surface area contributed by atoms with Crippen LogP contribution in [0.4, 0.5) is 0 Å². The van der Waals surface area contributed by atoms with Gasteiger partial charge in [0.1, 0.15) is 0 Å². The number of carbonyl (C=O) groups is 4. The summed E-state index contributed by atoms with van der Waals surface area (Å²) < 4.78 is 56.0. The lowest BCUT2D eigenvalue weighted by Gasteiger charge is -2.60. The maximum Gasteiger partial charge on any atom is 0.344 e. The number of ether oxygens (including phenoxy) is 10. The third kappa shape index (κ3) is 2.13. The third-order valence-electron chi connectivity index (χ3n) is 9.78. The fraction of sp³-hybridized carbons (Fsp3) is 0.833. The van der Waals surface area contributed by atoms with E-state index < -0.39 is 81.5 Å². The number of hydrogen-bond donors (Lipinski definition) is 0. The zero-order valence-electron chi connectivity index (χ0n) is 22.4. The molecule has 0 aromatic carbocycles. The Labute approximate surface area is 218 Å². The van der Waals surface area contributed by atoms with Crippen LogP contribution in [0.3, 0.4) is 0 Å². The lowest BCUT2D eigenvalue weighted by atomic mass is 9.64. The number of methoxy groups -OCH3 is 8. The minimum atomic E-state index is -1.92. The molecular formula is C24H32O14. The molecule has 0 spiro atoms. The molecule has 3 saturated carbocycles. The van der Waals surface area contributed by atoms with Gasteiger partial charge in [-0.2, -0.15) is 0 Å². The van der Waals surface area contributed by atoms with Crippen molar-refractivity contribution in [2.75, 3.05) is 56.9 Å². The Balaban J connectivity index is 1.75. The first kappa shape index (κ1) is 27.2. The first-order chi connectivity index (χ1) is 18.0. The van der Waals surface area contributed by atoms with Crippen LogP contribution in [0.15, 0.2) is 0 Å². The summed E-state index contributed by atoms with van der Waals surface area (Å²) in [5.74, 6) is -10.4. The summed E-state index contributed by atoms with van der Waals surface area (Å²) in [5, 5.41) is 0. The fourth-order valence-corrected chi connectivity index (χ4v) is 8.81. The van der Waals surface area contributed by atoms with Crippen molar-refractivity contribution in [3.8, 4) is 0 Å². The molecule has 0 amide bonds. The van der Waals surface area contributed by atoms with E-state index in [4.69, 9.17) is 47.4 Å². The Morgan fingerprint density at radius 2 is 0.684 bits per heavy atom. The van der Waals surface area contributed by atoms with Crippen LogP contribution in [0, 0.1) is 23.7 Å². The molecule has 3 aliphatic carbocycles. The Morgan fingerprint density at radius 3 is 0.842 bits per heavy atom. The lowest BCUT2D eigenvalue weighted by Crippen LogP contribution is -2.85. The van der Waals surface area contributed by atoms with E-state index in [0.717, 1.165) is 0 Å². The highest BCUT2D eigenvalue weighted by atomic mass is 16.8. The van der Waals surface area contributed by atoms with Gasteiger partial charge in [0.15, 0.2) is 0 Å². The van der Waals surface area contributed by atoms with Gasteiger partial charge in [-0.05, 0) is 12.8 Å². The summed E-state index contributed by atoms with van der Waals surface area (Å²) in [6, 6.07) is 0. The first-order valence-electron chi connectivity index (χ1n) is 12.0. The predicted molar refractivity (Wildman–Crippen MR) is 118 cm³/mol. The van der Waals surface area contributed by atoms with E-state index in [1.807, 2.05) is 0 Å². The second-order valence-electron chi connectivity index (χ2n) is 10.1. The van der Waals surface area contributed by atoms with E-state index in [1.54, 1.807) is 0 Å². The molecule has 4 aliphatic heterocycles. The summed E-state index contributed by atoms with van der Waals surface area (Å²) in [5.41, 5.74) is -7.61. The molecule has 14 heteroatoms. The van der Waals surface area contributed by atoms with Gasteiger partial charge < -0.3 is 47.4 Å². The van der Waals surface area contributed by atoms with Gasteiger partial charge in [0.05, 0.1) is 28.4 Å². The minimum absolute atomic E-state index is 0.0139. The molecule has 0 unspecified atom stereocenters. The molecule has 212 valence electrons. The van der Waals surface area contributed by atoms with Crippen molar-refractivity contribution in [1.82, 2.24) is 0 Å². The van der Waals surface area contributed by atoms with Crippen molar-refractivity contribution >= 4 is 23.9 Å². The van der Waals surface area contributed by atoms with Crippen LogP contribution in [-0.2, 0) is 66.5 Å². The van der Waals surface area contributed by atoms with E-state index in [2.05, 4.69) is 0 Å². The second-order valence-corrected chi connectivity index (χ2v) is 10.1. The van der Waals surface area contributed by atoms with E-state index in [9.17, 15) is 19.2 Å². The highest BCUT2D eigenvalue weighted by Crippen LogP contribution is 2.80. The molecule has 7 rings (SSSR count). The first-order valence-corrected chi connectivity index (χ1v) is 12.0. The van der Waals surface area contributed by atoms with E-state index in [0.29, 0.717) is 0 Å². The van der Waals surface area contributed by atoms with Crippen molar-refractivity contribution in [2.45, 2.75) is 46.8 Å². The van der Waals surface area contributed by atoms with Gasteiger partial charge in [-0.15, -0.1) is 0 Å². The average molecular weight is 545 g/mol. The maximum atomic E-state index is 13.4. The molecule has 0 aromatic heterocycles. The summed E-state index contributed by atoms with van der Waals surface area (Å²) in [7, 11) is 9.83. The molecule has 4 bridgehead atoms. The molecule has 7 fully saturated rings. The lowest BCUT2D eigenvalue weighted by molar-refractivity contribution is -0.451. The molecule has 7 aliphatic rings. The predicted octanol–water partition coefficient (Wildman–Crippen LogP) is -1.04. The smallest absolute Gasteiger partial charge is 0.344 e. The minimum Gasteiger partial charge on any atom is -0.467 e. The quantitative estimate of drug-likeness (QED) is 0.207. The highest BCUT2D eigenvalue weighted by Gasteiger charge is 3.02. The summed E-state index contributed by atoms with van der Waals surface area (Å²) in [6.45, 7) is 0. The van der Waals surface area contributed by atoms with Gasteiger partial charge in [0.25, 0.3) is 0 Å². The molecule has 4 saturated heterocycles. The van der Waals surface area contributed by atoms with Gasteiger partial charge in [-0.25, -0.2) is 19.2 Å². The molecular weight excluding hydrogens is 512 g/mol. The Kier molecular flexibility index (Phi) is 5.79. The highest BCUT2D eigenvalue weighted by molar-refractivity contribution is 5.97. The zero-order valence-corrected chi connectivity index (χ0v) is 22.4. The van der Waals surface area contributed by atoms with Gasteiger partial charge in [0, 0.05) is 52.1 Å². The van der Waals surface area contributed by atoms with Crippen LogP contribution in [-0.4, -0.2) is 115 Å². The Bertz CT molecular complexity index is 926. The molecule has 0 aromatic rings. The van der Waals surface area contributed by atoms with Crippen LogP contribution in [0.25, 0.3) is 0 Å². The SMILES string of the molecule is COC(=O)[C@@]12O[C@@](C(=O)OC)([C@H]3C[C@@H]4[C@H](C[C@H]31)[C@]1(C(=O)OC)O[C@@]4(C(=O)OC)C1(OC)OC)C2(OC)OC. The van der Waals surface area contributed by atoms with Crippen LogP contribution in [0.2, 0.25) is 0 Å². The number of hydrogen-bond acceptors (Lipinski definition) is 14. The van der Waals surface area contributed by atoms with Crippen molar-refractivity contribution in [1.29, 1.82) is 0 Å². The summed E-state index contributed by atoms with van der Waals surface area (Å²) in [4.78, 5) is 53.7. The third-order valence-corrected chi connectivity index (χ3v) is 9.78. The molecule has 38 heavy (non-hydrogen) atoms. The maximum absolute atomic E-state index is 13.4. The molecule has 14 nitrogen and oxygen atoms in total. The molecule has 0 radical (unpaired) electrons. The van der Waals surface area contributed by atoms with E-state index >= 15 is 0 Å². The topological polar surface area (TPSA) is 161 Å². The van der Waals surface area contributed by atoms with Crippen molar-refractivity contribution in [3.63, 3.8) is 0 Å². The normalized spacial score (nSPS) is 44.0. The number of rotatable bonds is 8. The van der Waals surface area contributed by atoms with Crippen LogP contribution < -0.4 is 0 Å². The average Bonchev–Trinajstić information content (AvgIpc) is 3.55. The number of esters is 4. The van der Waals surface area contributed by atoms with Crippen LogP contribution in [0.1, 0.15) is 12.8 Å². The zero-order chi connectivity index (χ0) is 28.1. The summed E-state index contributed by atoms with van der Waals surface area (Å²) in [6.07, 6.45) is 0.0277. The van der Waals surface area contributed by atoms with E-state index in [1.165, 1.54) is 56.9 Å². The van der Waals surface area contributed by atoms with Crippen molar-refractivity contribution in [3.05, 3.63) is 0 Å². The largest absolute Gasteiger partial charge is 0.467 e. The van der Waals surface area contributed by atoms with Crippen LogP contribution >= 0.6 is 0 Å². The summed E-state index contributed by atoms with van der Waals surface area (Å²) >= 11 is 0. The monoisotopic (exact) mass is 544 g/mol. The van der Waals surface area contributed by atoms with Crippen molar-refractivity contribution < 1.29 is 66.5 Å².